The number of hydrogen-bond donors (Lipinski definition) is 0. The van der Waals surface area contributed by atoms with Gasteiger partial charge in [-0.15, -0.1) is 0 Å². The molecule has 0 radical (unpaired) electrons. The summed E-state index contributed by atoms with van der Waals surface area (Å²) in [6.45, 7) is 9.97. The van der Waals surface area contributed by atoms with Crippen molar-refractivity contribution in [3.05, 3.63) is 29.8 Å². The summed E-state index contributed by atoms with van der Waals surface area (Å²) in [5.41, 5.74) is 1.77. The molecule has 4 unspecified atom stereocenters. The highest BCUT2D eigenvalue weighted by atomic mass is 31.0. The molecular weight excluding hydrogens is 333 g/mol. The third-order valence-corrected chi connectivity index (χ3v) is 6.37. The van der Waals surface area contributed by atoms with Crippen molar-refractivity contribution < 1.29 is 13.7 Å². The van der Waals surface area contributed by atoms with Crippen molar-refractivity contribution in [2.45, 2.75) is 82.8 Å². The smallest absolute Gasteiger partial charge is 0.399 e. The molecule has 25 heavy (non-hydrogen) atoms. The SMILES string of the molecule is CC(F)(P)CC1CCC(c2cccc(B3OC(C)(C)C(C)(C)O3)c2)C1. The highest BCUT2D eigenvalue weighted by Gasteiger charge is 2.51. The summed E-state index contributed by atoms with van der Waals surface area (Å²) < 4.78 is 26.3. The van der Waals surface area contributed by atoms with Crippen LogP contribution >= 0.6 is 9.24 Å². The summed E-state index contributed by atoms with van der Waals surface area (Å²) in [5, 5.41) is -1.15. The molecule has 0 amide bonds. The summed E-state index contributed by atoms with van der Waals surface area (Å²) in [4.78, 5) is 0. The fourth-order valence-corrected chi connectivity index (χ4v) is 4.40. The Morgan fingerprint density at radius 1 is 1.20 bits per heavy atom. The number of alkyl halides is 1. The Morgan fingerprint density at radius 2 is 1.84 bits per heavy atom. The Bertz CT molecular complexity index is 610. The monoisotopic (exact) mass is 364 g/mol. The average molecular weight is 364 g/mol. The van der Waals surface area contributed by atoms with E-state index in [4.69, 9.17) is 9.31 Å². The standard InChI is InChI=1S/C20H31BFO2P/c1-18(2)19(3,4)24-21(23-18)17-8-6-7-15(12-17)16-10-9-14(11-16)13-20(5,22)25/h6-8,12,14,16H,9-11,13,25H2,1-5H3. The zero-order valence-electron chi connectivity index (χ0n) is 16.1. The molecule has 1 aliphatic carbocycles. The van der Waals surface area contributed by atoms with Gasteiger partial charge in [-0.2, -0.15) is 0 Å². The second kappa shape index (κ2) is 6.62. The van der Waals surface area contributed by atoms with E-state index in [9.17, 15) is 4.39 Å². The van der Waals surface area contributed by atoms with Gasteiger partial charge in [-0.05, 0) is 83.2 Å². The molecule has 1 aromatic rings. The van der Waals surface area contributed by atoms with Gasteiger partial charge < -0.3 is 9.31 Å². The first kappa shape index (κ1) is 19.3. The van der Waals surface area contributed by atoms with Crippen molar-refractivity contribution in [2.24, 2.45) is 5.92 Å². The number of benzene rings is 1. The van der Waals surface area contributed by atoms with E-state index in [1.807, 2.05) is 0 Å². The quantitative estimate of drug-likeness (QED) is 0.563. The predicted molar refractivity (Wildman–Crippen MR) is 106 cm³/mol. The highest BCUT2D eigenvalue weighted by molar-refractivity contribution is 7.18. The van der Waals surface area contributed by atoms with E-state index in [1.165, 1.54) is 5.56 Å². The highest BCUT2D eigenvalue weighted by Crippen LogP contribution is 2.43. The number of hydrogen-bond acceptors (Lipinski definition) is 2. The summed E-state index contributed by atoms with van der Waals surface area (Å²) in [7, 11) is 2.02. The van der Waals surface area contributed by atoms with Gasteiger partial charge in [0.15, 0.2) is 0 Å². The fraction of sp³-hybridized carbons (Fsp3) is 0.700. The first-order valence-electron chi connectivity index (χ1n) is 9.40. The van der Waals surface area contributed by atoms with Gasteiger partial charge in [0.1, 0.15) is 5.41 Å². The van der Waals surface area contributed by atoms with Crippen LogP contribution in [0.2, 0.25) is 0 Å². The van der Waals surface area contributed by atoms with Crippen molar-refractivity contribution >= 4 is 21.8 Å². The molecule has 2 aliphatic rings. The Balaban J connectivity index is 1.71. The lowest BCUT2D eigenvalue weighted by molar-refractivity contribution is 0.00578. The molecule has 1 saturated carbocycles. The Morgan fingerprint density at radius 3 is 2.44 bits per heavy atom. The van der Waals surface area contributed by atoms with Crippen LogP contribution in [0.15, 0.2) is 24.3 Å². The van der Waals surface area contributed by atoms with E-state index in [0.717, 1.165) is 24.7 Å². The minimum absolute atomic E-state index is 0.316. The van der Waals surface area contributed by atoms with E-state index in [1.54, 1.807) is 6.92 Å². The van der Waals surface area contributed by atoms with Crippen LogP contribution in [0.5, 0.6) is 0 Å². The summed E-state index contributed by atoms with van der Waals surface area (Å²) in [5.74, 6) is 0.984. The lowest BCUT2D eigenvalue weighted by Crippen LogP contribution is -2.41. The fourth-order valence-electron chi connectivity index (χ4n) is 4.07. The van der Waals surface area contributed by atoms with Gasteiger partial charge in [-0.1, -0.05) is 33.5 Å². The number of halogens is 1. The van der Waals surface area contributed by atoms with Gasteiger partial charge in [0, 0.05) is 0 Å². The zero-order chi connectivity index (χ0) is 18.5. The van der Waals surface area contributed by atoms with Gasteiger partial charge in [-0.3, -0.25) is 0 Å². The molecule has 1 aromatic carbocycles. The molecule has 2 nitrogen and oxygen atoms in total. The summed E-state index contributed by atoms with van der Waals surface area (Å²) >= 11 is 0. The Kier molecular flexibility index (Phi) is 5.12. The van der Waals surface area contributed by atoms with Gasteiger partial charge in [-0.25, -0.2) is 4.39 Å². The molecule has 0 N–H and O–H groups in total. The molecular formula is C20H31BFO2P. The average Bonchev–Trinajstić information content (AvgIpc) is 3.00. The summed E-state index contributed by atoms with van der Waals surface area (Å²) in [6.07, 6.45) is 3.95. The van der Waals surface area contributed by atoms with Gasteiger partial charge in [0.05, 0.1) is 11.2 Å². The molecule has 138 valence electrons. The van der Waals surface area contributed by atoms with Crippen LogP contribution in [0.3, 0.4) is 0 Å². The molecule has 1 saturated heterocycles. The minimum Gasteiger partial charge on any atom is -0.399 e. The first-order chi connectivity index (χ1) is 11.5. The maximum absolute atomic E-state index is 13.9. The van der Waals surface area contributed by atoms with Gasteiger partial charge in [0.25, 0.3) is 0 Å². The van der Waals surface area contributed by atoms with E-state index >= 15 is 0 Å². The largest absolute Gasteiger partial charge is 0.494 e. The lowest BCUT2D eigenvalue weighted by atomic mass is 9.77. The maximum atomic E-state index is 13.9. The number of rotatable bonds is 4. The van der Waals surface area contributed by atoms with Gasteiger partial charge >= 0.3 is 7.12 Å². The van der Waals surface area contributed by atoms with Crippen LogP contribution < -0.4 is 5.46 Å². The van der Waals surface area contributed by atoms with Crippen LogP contribution in [0.4, 0.5) is 4.39 Å². The molecule has 0 spiro atoms. The van der Waals surface area contributed by atoms with Crippen LogP contribution in [-0.4, -0.2) is 23.7 Å². The second-order valence-electron chi connectivity index (χ2n) is 9.12. The topological polar surface area (TPSA) is 18.5 Å². The van der Waals surface area contributed by atoms with Crippen molar-refractivity contribution in [3.8, 4) is 0 Å². The Labute approximate surface area is 154 Å². The molecule has 1 heterocycles. The van der Waals surface area contributed by atoms with Crippen LogP contribution in [0.1, 0.15) is 71.8 Å². The van der Waals surface area contributed by atoms with Crippen molar-refractivity contribution in [2.75, 3.05) is 0 Å². The zero-order valence-corrected chi connectivity index (χ0v) is 17.3. The molecule has 0 bridgehead atoms. The molecule has 4 atom stereocenters. The predicted octanol–water partition coefficient (Wildman–Crippen LogP) is 4.82. The van der Waals surface area contributed by atoms with Crippen LogP contribution in [0, 0.1) is 5.92 Å². The van der Waals surface area contributed by atoms with Crippen LogP contribution in [0.25, 0.3) is 0 Å². The van der Waals surface area contributed by atoms with E-state index in [-0.39, 0.29) is 18.3 Å². The molecule has 5 heteroatoms. The van der Waals surface area contributed by atoms with E-state index in [0.29, 0.717) is 18.3 Å². The molecule has 0 aromatic heterocycles. The maximum Gasteiger partial charge on any atom is 0.494 e. The third-order valence-electron chi connectivity index (χ3n) is 6.14. The molecule has 2 fully saturated rings. The Hall–Kier alpha value is -0.435. The minimum atomic E-state index is -1.15. The third kappa shape index (κ3) is 4.29. The lowest BCUT2D eigenvalue weighted by Gasteiger charge is -2.32. The van der Waals surface area contributed by atoms with E-state index in [2.05, 4.69) is 61.2 Å². The van der Waals surface area contributed by atoms with Crippen molar-refractivity contribution in [1.82, 2.24) is 0 Å². The summed E-state index contributed by atoms with van der Waals surface area (Å²) in [6, 6.07) is 8.60. The first-order valence-corrected chi connectivity index (χ1v) is 9.98. The van der Waals surface area contributed by atoms with Crippen molar-refractivity contribution in [1.29, 1.82) is 0 Å². The van der Waals surface area contributed by atoms with E-state index < -0.39 is 5.41 Å². The molecule has 3 rings (SSSR count). The van der Waals surface area contributed by atoms with Crippen molar-refractivity contribution in [3.63, 3.8) is 0 Å². The second-order valence-corrected chi connectivity index (χ2v) is 10.3. The normalized spacial score (nSPS) is 30.4. The molecule has 1 aliphatic heterocycles. The van der Waals surface area contributed by atoms with Crippen LogP contribution in [-0.2, 0) is 9.31 Å². The van der Waals surface area contributed by atoms with Gasteiger partial charge in [0.2, 0.25) is 0 Å².